The van der Waals surface area contributed by atoms with Gasteiger partial charge in [-0.15, -0.1) is 0 Å². The van der Waals surface area contributed by atoms with Crippen LogP contribution in [0.15, 0.2) is 42.5 Å². The number of hydrogen-bond donors (Lipinski definition) is 1. The van der Waals surface area contributed by atoms with Gasteiger partial charge in [0.1, 0.15) is 5.75 Å². The molecular weight excluding hydrogens is 375 g/mol. The first-order chi connectivity index (χ1) is 13.3. The Hall–Kier alpha value is -3.03. The Morgan fingerprint density at radius 2 is 2.00 bits per heavy atom. The molecule has 3 rings (SSSR count). The molecule has 1 heterocycles. The second kappa shape index (κ2) is 7.92. The molecule has 2 aromatic rings. The van der Waals surface area contributed by atoms with Crippen molar-refractivity contribution in [2.24, 2.45) is 0 Å². The minimum absolute atomic E-state index is 0.116. The Labute approximate surface area is 159 Å². The highest BCUT2D eigenvalue weighted by Gasteiger charge is 2.34. The maximum absolute atomic E-state index is 13.0. The van der Waals surface area contributed by atoms with Gasteiger partial charge in [-0.25, -0.2) is 4.79 Å². The van der Waals surface area contributed by atoms with E-state index < -0.39 is 29.7 Å². The van der Waals surface area contributed by atoms with Crippen LogP contribution in [0.5, 0.6) is 5.75 Å². The van der Waals surface area contributed by atoms with Crippen molar-refractivity contribution >= 4 is 17.6 Å². The van der Waals surface area contributed by atoms with Crippen LogP contribution in [-0.4, -0.2) is 24.6 Å². The fourth-order valence-corrected chi connectivity index (χ4v) is 2.83. The van der Waals surface area contributed by atoms with Gasteiger partial charge in [0.05, 0.1) is 23.4 Å². The number of carbonyl (C=O) groups is 2. The van der Waals surface area contributed by atoms with Crippen LogP contribution in [0.25, 0.3) is 0 Å². The number of esters is 1. The SMILES string of the molecule is CCCOc1ccc(C(F)(F)F)cc1NC(=O)C1Cc2ccccc2C(=O)O1. The smallest absolute Gasteiger partial charge is 0.416 e. The fraction of sp³-hybridized carbons (Fsp3) is 0.300. The number of benzene rings is 2. The molecule has 0 aromatic heterocycles. The van der Waals surface area contributed by atoms with Gasteiger partial charge in [-0.05, 0) is 36.2 Å². The second-order valence-corrected chi connectivity index (χ2v) is 6.30. The minimum atomic E-state index is -4.57. The third-order valence-electron chi connectivity index (χ3n) is 4.21. The molecule has 1 atom stereocenters. The van der Waals surface area contributed by atoms with Crippen LogP contribution in [0, 0.1) is 0 Å². The second-order valence-electron chi connectivity index (χ2n) is 6.30. The van der Waals surface area contributed by atoms with E-state index in [1.54, 1.807) is 24.3 Å². The van der Waals surface area contributed by atoms with E-state index in [9.17, 15) is 22.8 Å². The average Bonchev–Trinajstić information content (AvgIpc) is 2.66. The van der Waals surface area contributed by atoms with Crippen LogP contribution in [0.2, 0.25) is 0 Å². The average molecular weight is 393 g/mol. The van der Waals surface area contributed by atoms with Gasteiger partial charge >= 0.3 is 12.1 Å². The molecule has 1 N–H and O–H groups in total. The van der Waals surface area contributed by atoms with Crippen molar-refractivity contribution in [2.75, 3.05) is 11.9 Å². The number of ether oxygens (including phenoxy) is 2. The molecule has 0 radical (unpaired) electrons. The summed E-state index contributed by atoms with van der Waals surface area (Å²) < 4.78 is 49.7. The zero-order valence-electron chi connectivity index (χ0n) is 15.0. The molecule has 8 heteroatoms. The van der Waals surface area contributed by atoms with Gasteiger partial charge < -0.3 is 14.8 Å². The quantitative estimate of drug-likeness (QED) is 0.773. The Bertz CT molecular complexity index is 895. The number of carbonyl (C=O) groups excluding carboxylic acids is 2. The van der Waals surface area contributed by atoms with Crippen LogP contribution in [-0.2, 0) is 22.1 Å². The van der Waals surface area contributed by atoms with E-state index in [0.29, 0.717) is 17.5 Å². The Morgan fingerprint density at radius 3 is 2.71 bits per heavy atom. The lowest BCUT2D eigenvalue weighted by Gasteiger charge is -2.24. The third-order valence-corrected chi connectivity index (χ3v) is 4.21. The van der Waals surface area contributed by atoms with Gasteiger partial charge in [0, 0.05) is 6.42 Å². The van der Waals surface area contributed by atoms with Gasteiger partial charge in [-0.2, -0.15) is 13.2 Å². The summed E-state index contributed by atoms with van der Waals surface area (Å²) in [5, 5.41) is 2.41. The number of rotatable bonds is 5. The molecule has 1 aliphatic heterocycles. The van der Waals surface area contributed by atoms with Gasteiger partial charge in [0.2, 0.25) is 0 Å². The van der Waals surface area contributed by atoms with E-state index in [-0.39, 0.29) is 24.5 Å². The first-order valence-corrected chi connectivity index (χ1v) is 8.73. The van der Waals surface area contributed by atoms with Crippen LogP contribution >= 0.6 is 0 Å². The number of cyclic esters (lactones) is 1. The molecule has 1 amide bonds. The monoisotopic (exact) mass is 393 g/mol. The molecule has 28 heavy (non-hydrogen) atoms. The van der Waals surface area contributed by atoms with E-state index in [2.05, 4.69) is 5.32 Å². The van der Waals surface area contributed by atoms with E-state index in [1.165, 1.54) is 0 Å². The van der Waals surface area contributed by atoms with Crippen LogP contribution < -0.4 is 10.1 Å². The lowest BCUT2D eigenvalue weighted by atomic mass is 9.98. The fourth-order valence-electron chi connectivity index (χ4n) is 2.83. The van der Waals surface area contributed by atoms with Crippen molar-refractivity contribution < 1.29 is 32.2 Å². The van der Waals surface area contributed by atoms with E-state index >= 15 is 0 Å². The Kier molecular flexibility index (Phi) is 5.58. The van der Waals surface area contributed by atoms with Gasteiger partial charge in [-0.1, -0.05) is 25.1 Å². The molecule has 1 aliphatic rings. The number of nitrogens with one attached hydrogen (secondary N) is 1. The van der Waals surface area contributed by atoms with Crippen molar-refractivity contribution in [1.29, 1.82) is 0 Å². The summed E-state index contributed by atoms with van der Waals surface area (Å²) in [6.45, 7) is 2.13. The number of amides is 1. The van der Waals surface area contributed by atoms with Gasteiger partial charge in [0.15, 0.2) is 6.10 Å². The van der Waals surface area contributed by atoms with Gasteiger partial charge in [0.25, 0.3) is 5.91 Å². The molecule has 0 saturated heterocycles. The standard InChI is InChI=1S/C20H18F3NO4/c1-2-9-27-16-8-7-13(20(21,22)23)11-15(16)24-18(25)17-10-12-5-3-4-6-14(12)19(26)28-17/h3-8,11,17H,2,9-10H2,1H3,(H,24,25). The van der Waals surface area contributed by atoms with Crippen molar-refractivity contribution in [1.82, 2.24) is 0 Å². The lowest BCUT2D eigenvalue weighted by Crippen LogP contribution is -2.38. The van der Waals surface area contributed by atoms with Crippen LogP contribution in [0.4, 0.5) is 18.9 Å². The van der Waals surface area contributed by atoms with Crippen LogP contribution in [0.1, 0.15) is 34.8 Å². The van der Waals surface area contributed by atoms with Crippen molar-refractivity contribution in [2.45, 2.75) is 32.0 Å². The van der Waals surface area contributed by atoms with Crippen LogP contribution in [0.3, 0.4) is 0 Å². The minimum Gasteiger partial charge on any atom is -0.491 e. The molecule has 0 bridgehead atoms. The summed E-state index contributed by atoms with van der Waals surface area (Å²) in [5.74, 6) is -1.25. The zero-order chi connectivity index (χ0) is 20.3. The highest BCUT2D eigenvalue weighted by atomic mass is 19.4. The zero-order valence-corrected chi connectivity index (χ0v) is 15.0. The van der Waals surface area contributed by atoms with Crippen molar-refractivity contribution in [3.05, 3.63) is 59.2 Å². The predicted octanol–water partition coefficient (Wildman–Crippen LogP) is 4.21. The summed E-state index contributed by atoms with van der Waals surface area (Å²) >= 11 is 0. The molecule has 2 aromatic carbocycles. The molecule has 0 fully saturated rings. The molecule has 5 nitrogen and oxygen atoms in total. The highest BCUT2D eigenvalue weighted by molar-refractivity contribution is 6.00. The number of anilines is 1. The first-order valence-electron chi connectivity index (χ1n) is 8.73. The lowest BCUT2D eigenvalue weighted by molar-refractivity contribution is -0.137. The summed E-state index contributed by atoms with van der Waals surface area (Å²) in [4.78, 5) is 24.7. The van der Waals surface area contributed by atoms with E-state index in [0.717, 1.165) is 18.2 Å². The normalized spacial score (nSPS) is 16.1. The van der Waals surface area contributed by atoms with E-state index in [1.807, 2.05) is 6.92 Å². The largest absolute Gasteiger partial charge is 0.491 e. The molecule has 1 unspecified atom stereocenters. The topological polar surface area (TPSA) is 64.6 Å². The van der Waals surface area contributed by atoms with Crippen molar-refractivity contribution in [3.63, 3.8) is 0 Å². The molecule has 0 spiro atoms. The third kappa shape index (κ3) is 4.27. The Morgan fingerprint density at radius 1 is 1.25 bits per heavy atom. The first kappa shape index (κ1) is 19.7. The molecule has 148 valence electrons. The Balaban J connectivity index is 1.83. The number of halogens is 3. The van der Waals surface area contributed by atoms with E-state index in [4.69, 9.17) is 9.47 Å². The van der Waals surface area contributed by atoms with Crippen molar-refractivity contribution in [3.8, 4) is 5.75 Å². The highest BCUT2D eigenvalue weighted by Crippen LogP contribution is 2.35. The summed E-state index contributed by atoms with van der Waals surface area (Å²) in [6, 6.07) is 9.57. The number of fused-ring (bicyclic) bond motifs is 1. The predicted molar refractivity (Wildman–Crippen MR) is 95.2 cm³/mol. The number of hydrogen-bond acceptors (Lipinski definition) is 4. The number of alkyl halides is 3. The summed E-state index contributed by atoms with van der Waals surface area (Å²) in [7, 11) is 0. The summed E-state index contributed by atoms with van der Waals surface area (Å²) in [5.41, 5.74) is -0.0243. The maximum Gasteiger partial charge on any atom is 0.416 e. The summed E-state index contributed by atoms with van der Waals surface area (Å²) in [6.07, 6.45) is -4.93. The van der Waals surface area contributed by atoms with Gasteiger partial charge in [-0.3, -0.25) is 4.79 Å². The molecule has 0 saturated carbocycles. The molecule has 0 aliphatic carbocycles. The molecular formula is C20H18F3NO4. The maximum atomic E-state index is 13.0.